The van der Waals surface area contributed by atoms with Crippen molar-refractivity contribution < 1.29 is 127 Å². The van der Waals surface area contributed by atoms with E-state index in [1.54, 1.807) is 32.5 Å². The summed E-state index contributed by atoms with van der Waals surface area (Å²) >= 11 is 2.43. The Kier molecular flexibility index (Phi) is 40.0. The lowest BCUT2D eigenvalue weighted by Gasteiger charge is -2.47. The Balaban J connectivity index is 0.842. The summed E-state index contributed by atoms with van der Waals surface area (Å²) in [7, 11) is 1.69. The van der Waals surface area contributed by atoms with Crippen LogP contribution in [0, 0.1) is 12.8 Å². The highest BCUT2D eigenvalue weighted by Gasteiger charge is 2.54. The Bertz CT molecular complexity index is 4460. The normalized spacial score (nSPS) is 23.1. The molecule has 0 aromatic carbocycles. The van der Waals surface area contributed by atoms with E-state index >= 15 is 9.59 Å². The zero-order valence-electron chi connectivity index (χ0n) is 72.6. The number of H-pyrrole nitrogens is 1. The van der Waals surface area contributed by atoms with Gasteiger partial charge in [-0.15, -0.1) is 22.7 Å². The van der Waals surface area contributed by atoms with Crippen molar-refractivity contribution in [2.45, 2.75) is 234 Å². The average molecular weight is 1860 g/mol. The summed E-state index contributed by atoms with van der Waals surface area (Å²) in [5.41, 5.74) is 28.0. The molecule has 49 nitrogen and oxygen atoms in total. The molecule has 0 unspecified atom stereocenters. The maximum Gasteiger partial charge on any atom is 0.404 e. The number of hydrogen-bond acceptors (Lipinski definition) is 37. The Hall–Kier alpha value is -10.3. The molecule has 8 heterocycles. The average Bonchev–Trinajstić information content (AvgIpc) is 1.52. The number of aliphatic hydroxyl groups excluding tert-OH is 8. The van der Waals surface area contributed by atoms with Gasteiger partial charge in [-0.1, -0.05) is 6.92 Å². The van der Waals surface area contributed by atoms with E-state index in [0.29, 0.717) is 119 Å². The number of rotatable bonds is 49. The second-order valence-corrected chi connectivity index (χ2v) is 33.7. The highest BCUT2D eigenvalue weighted by Crippen LogP contribution is 2.36. The van der Waals surface area contributed by atoms with Gasteiger partial charge in [0.1, 0.15) is 107 Å². The van der Waals surface area contributed by atoms with Gasteiger partial charge < -0.3 is 160 Å². The van der Waals surface area contributed by atoms with Gasteiger partial charge in [-0.3, -0.25) is 57.5 Å². The van der Waals surface area contributed by atoms with Crippen LogP contribution in [0.2, 0.25) is 0 Å². The van der Waals surface area contributed by atoms with E-state index in [2.05, 4.69) is 72.4 Å². The summed E-state index contributed by atoms with van der Waals surface area (Å²) in [5, 5.41) is 115. The lowest BCUT2D eigenvalue weighted by atomic mass is 9.96. The van der Waals surface area contributed by atoms with Crippen LogP contribution in [0.5, 0.6) is 0 Å². The van der Waals surface area contributed by atoms with Crippen molar-refractivity contribution in [1.29, 1.82) is 0 Å². The SMILES string of the molecule is CC(=O)N(C)CCCCN(CC(=O)NCCCCNCCCNC(=O)c1csc(-c2csc(CCNC(=O)[C@@H](NC(=O)[C@H](C)[C@@H](O)[C@H](C)NC(=O)[C@H](NC(=O)c3nc([C@@H](CC(N)=O)NC[C@@H](N)C(N)=O)nc(N)c3C)[C@H](O[C@@H]3O[C@@H](CO)[C@@H](O)[C@@H](O)[C@@H]3O[C@H]3O[C@H](CO)[C@@H](O)[C@H](OC(N)=O)[C@H]3O)c3cnc[nH]3)[C@H](C)O)n2)n1)C(=O)[C@H]1CCCN1C(=O)[C@H]1CCCN1C(C)=O. The van der Waals surface area contributed by atoms with Gasteiger partial charge in [0.05, 0.1) is 79.2 Å². The van der Waals surface area contributed by atoms with Crippen molar-refractivity contribution >= 4 is 105 Å². The molecule has 51 heteroatoms. The molecular weight excluding hydrogens is 1740 g/mol. The van der Waals surface area contributed by atoms with Gasteiger partial charge in [0.2, 0.25) is 59.1 Å². The largest absolute Gasteiger partial charge is 0.441 e. The molecule has 0 spiro atoms. The number of primary amides is 3. The Labute approximate surface area is 749 Å². The third-order valence-electron chi connectivity index (χ3n) is 22.3. The number of ether oxygens (including phenoxy) is 5. The molecule has 0 aliphatic carbocycles. The second kappa shape index (κ2) is 49.6. The number of carbonyl (C=O) groups is 13. The van der Waals surface area contributed by atoms with E-state index < -0.39 is 201 Å². The Morgan fingerprint density at radius 2 is 1.37 bits per heavy atom. The zero-order valence-corrected chi connectivity index (χ0v) is 74.2. The third-order valence-corrected chi connectivity index (χ3v) is 24.1. The highest BCUT2D eigenvalue weighted by molar-refractivity contribution is 7.14. The number of aromatic amines is 1. The van der Waals surface area contributed by atoms with Crippen LogP contribution in [-0.2, 0) is 78.1 Å². The minimum Gasteiger partial charge on any atom is -0.441 e. The number of imidazole rings is 1. The Morgan fingerprint density at radius 3 is 2.03 bits per heavy atom. The maximum absolute atomic E-state index is 15.3. The third kappa shape index (κ3) is 28.8. The number of nitrogens with zero attached hydrogens (tertiary/aromatic N) is 9. The fraction of sp³-hybridized carbons (Fsp3) is 0.667. The van der Waals surface area contributed by atoms with E-state index in [9.17, 15) is 93.6 Å². The molecular formula is C78H121N23O26S2. The van der Waals surface area contributed by atoms with Gasteiger partial charge in [-0.25, -0.2) is 29.7 Å². The number of hydrogen-bond donors (Lipinski definition) is 22. The van der Waals surface area contributed by atoms with Crippen LogP contribution in [0.25, 0.3) is 10.7 Å². The topological polar surface area (TPSA) is 749 Å². The molecule has 4 aliphatic heterocycles. The summed E-state index contributed by atoms with van der Waals surface area (Å²) in [5.74, 6) is -10.2. The van der Waals surface area contributed by atoms with E-state index in [0.717, 1.165) is 12.5 Å². The first-order valence-corrected chi connectivity index (χ1v) is 44.0. The first-order valence-electron chi connectivity index (χ1n) is 42.3. The number of anilines is 1. The number of unbranched alkanes of at least 4 members (excludes halogenated alkanes) is 2. The van der Waals surface area contributed by atoms with Crippen LogP contribution in [0.15, 0.2) is 23.3 Å². The van der Waals surface area contributed by atoms with Crippen molar-refractivity contribution in [3.8, 4) is 10.7 Å². The number of aliphatic hydroxyl groups is 8. The summed E-state index contributed by atoms with van der Waals surface area (Å²) in [6.45, 7) is 8.68. The first-order chi connectivity index (χ1) is 61.2. The van der Waals surface area contributed by atoms with Crippen LogP contribution in [0.1, 0.15) is 154 Å². The van der Waals surface area contributed by atoms with E-state index in [4.69, 9.17) is 52.4 Å². The van der Waals surface area contributed by atoms with Gasteiger partial charge in [0.15, 0.2) is 18.7 Å². The van der Waals surface area contributed by atoms with Crippen molar-refractivity contribution in [2.24, 2.45) is 28.9 Å². The van der Waals surface area contributed by atoms with Crippen molar-refractivity contribution in [3.63, 3.8) is 0 Å². The molecule has 0 saturated carbocycles. The Morgan fingerprint density at radius 1 is 0.705 bits per heavy atom. The summed E-state index contributed by atoms with van der Waals surface area (Å²) in [6, 6.07) is -9.37. The molecule has 21 atom stereocenters. The number of nitrogen functional groups attached to an aromatic ring is 1. The molecule has 13 amide bonds. The summed E-state index contributed by atoms with van der Waals surface area (Å²) in [6.07, 6.45) is -20.2. The maximum atomic E-state index is 15.3. The molecule has 4 aromatic heterocycles. The van der Waals surface area contributed by atoms with Crippen molar-refractivity contribution in [2.75, 3.05) is 98.0 Å². The van der Waals surface area contributed by atoms with Crippen molar-refractivity contribution in [1.82, 2.24) is 92.0 Å². The van der Waals surface area contributed by atoms with Gasteiger partial charge in [-0.2, -0.15) is 0 Å². The van der Waals surface area contributed by atoms with E-state index in [-0.39, 0.29) is 90.7 Å². The molecule has 0 bridgehead atoms. The fourth-order valence-electron chi connectivity index (χ4n) is 14.8. The number of likely N-dealkylation sites (tertiary alicyclic amines) is 2. The molecule has 27 N–H and O–H groups in total. The number of amides is 13. The van der Waals surface area contributed by atoms with Crippen molar-refractivity contribution in [3.05, 3.63) is 56.8 Å². The van der Waals surface area contributed by atoms with Crippen LogP contribution >= 0.6 is 22.7 Å². The van der Waals surface area contributed by atoms with Gasteiger partial charge >= 0.3 is 6.09 Å². The number of nitrogens with two attached hydrogens (primary N) is 5. The van der Waals surface area contributed by atoms with E-state index in [1.165, 1.54) is 69.1 Å². The standard InChI is InChI=1S/C78H121N23O26S2/c1-36-54(94-67(97-65(36)81)43(27-51(80)107)89-28-42(79)66(82)114)71(118)96-56(62(44-29-85-35-90-44)125-77-64(60(112)58(110)49(31-102)124-77)126-76-61(113)63(127-78(83)122)59(111)50(32-103)123-76)72(119)91-38(3)57(109)37(2)68(115)95-55(39(4)104)70(117)88-22-17-53-92-46(34-128-53)73-93-45(33-129-73)69(116)87-21-14-19-84-18-8-9-20-86-52(108)30-99(24-11-10-23-98(7)40(5)105)74(120)47-15-13-26-101(47)75(121)48-16-12-25-100(48)41(6)106/h29,33-35,37-39,42-43,47-50,55-64,76-77,84,89,102-104,109-113H,8-28,30-32,79H2,1-7H3,(H2,80,107)(H2,82,114)(H2,83,122)(H,85,90)(H,86,108)(H,87,116)(H,88,117)(H,91,119)(H,95,115)(H,96,118)(H2,81,94,97)/t37-,38+,39+,42-,43-,47-,48-,49+,50-,55+,56-,57-,58-,59-,60-,61-,62-,63+,64+,76-,77+/m1/s1. The highest BCUT2D eigenvalue weighted by atomic mass is 32.1. The predicted octanol–water partition coefficient (Wildman–Crippen LogP) is -8.01. The first kappa shape index (κ1) is 104. The smallest absolute Gasteiger partial charge is 0.404 e. The number of aromatic nitrogens is 6. The van der Waals surface area contributed by atoms with Crippen LogP contribution in [-0.4, -0.2) is 369 Å². The monoisotopic (exact) mass is 1860 g/mol. The summed E-state index contributed by atoms with van der Waals surface area (Å²) < 4.78 is 28.8. The van der Waals surface area contributed by atoms with Crippen LogP contribution < -0.4 is 71.2 Å². The molecule has 4 fully saturated rings. The molecule has 716 valence electrons. The van der Waals surface area contributed by atoms with Gasteiger partial charge in [0, 0.05) is 102 Å². The predicted molar refractivity (Wildman–Crippen MR) is 454 cm³/mol. The van der Waals surface area contributed by atoms with E-state index in [1.807, 2.05) is 0 Å². The molecule has 0 radical (unpaired) electrons. The molecule has 4 aliphatic rings. The van der Waals surface area contributed by atoms with Gasteiger partial charge in [0.25, 0.3) is 11.8 Å². The molecule has 129 heavy (non-hydrogen) atoms. The quantitative estimate of drug-likeness (QED) is 0.0183. The summed E-state index contributed by atoms with van der Waals surface area (Å²) in [4.78, 5) is 204. The molecule has 4 aromatic rings. The second-order valence-electron chi connectivity index (χ2n) is 31.9. The lowest BCUT2D eigenvalue weighted by Crippen LogP contribution is -2.65. The molecule has 8 rings (SSSR count). The van der Waals surface area contributed by atoms with Gasteiger partial charge in [-0.05, 0) is 91.6 Å². The minimum absolute atomic E-state index is 0.0579. The number of nitrogens with one attached hydrogen (secondary N) is 9. The minimum atomic E-state index is -2.22. The lowest BCUT2D eigenvalue weighted by molar-refractivity contribution is -0.372. The molecule has 4 saturated heterocycles. The van der Waals surface area contributed by atoms with Crippen LogP contribution in [0.4, 0.5) is 10.6 Å². The zero-order chi connectivity index (χ0) is 94.8. The van der Waals surface area contributed by atoms with Crippen LogP contribution in [0.3, 0.4) is 0 Å². The number of carbonyl (C=O) groups excluding carboxylic acids is 13. The fourth-order valence-corrected chi connectivity index (χ4v) is 16.4. The number of thiazole rings is 2.